The van der Waals surface area contributed by atoms with E-state index in [4.69, 9.17) is 4.74 Å². The highest BCUT2D eigenvalue weighted by atomic mass is 32.2. The minimum atomic E-state index is -3.51. The molecule has 1 N–H and O–H groups in total. The number of nitrogens with one attached hydrogen (secondary N) is 1. The molecular weight excluding hydrogens is 374 g/mol. The Hall–Kier alpha value is -1.96. The number of morpholine rings is 1. The smallest absolute Gasteiger partial charge is 0.244 e. The van der Waals surface area contributed by atoms with Gasteiger partial charge in [0.2, 0.25) is 10.0 Å². The Morgan fingerprint density at radius 2 is 1.82 bits per heavy atom. The molecular formula is C21H27N3O3S. The molecule has 6 nitrogen and oxygen atoms in total. The average Bonchev–Trinajstić information content (AvgIpc) is 2.74. The van der Waals surface area contributed by atoms with Gasteiger partial charge in [-0.1, -0.05) is 18.2 Å². The van der Waals surface area contributed by atoms with E-state index in [0.29, 0.717) is 32.1 Å². The Morgan fingerprint density at radius 3 is 2.54 bits per heavy atom. The number of hydrogen-bond donors (Lipinski definition) is 1. The molecule has 0 bridgehead atoms. The summed E-state index contributed by atoms with van der Waals surface area (Å²) in [5, 5.41) is 3.38. The molecule has 1 atom stereocenters. The quantitative estimate of drug-likeness (QED) is 0.833. The molecule has 1 saturated heterocycles. The number of rotatable bonds is 5. The first-order valence-electron chi connectivity index (χ1n) is 9.96. The third-order valence-electron chi connectivity index (χ3n) is 5.58. The summed E-state index contributed by atoms with van der Waals surface area (Å²) in [4.78, 5) is 4.57. The Bertz CT molecular complexity index is 922. The fourth-order valence-corrected chi connectivity index (χ4v) is 5.24. The van der Waals surface area contributed by atoms with Crippen LogP contribution < -0.4 is 5.32 Å². The summed E-state index contributed by atoms with van der Waals surface area (Å²) in [5.41, 5.74) is 4.16. The number of fused-ring (bicyclic) bond motifs is 1. The fraction of sp³-hybridized carbons (Fsp3) is 0.476. The second kappa shape index (κ2) is 8.19. The molecule has 1 aliphatic carbocycles. The van der Waals surface area contributed by atoms with Crippen molar-refractivity contribution in [3.63, 3.8) is 0 Å². The van der Waals surface area contributed by atoms with Gasteiger partial charge in [-0.2, -0.15) is 4.31 Å². The van der Waals surface area contributed by atoms with Crippen molar-refractivity contribution < 1.29 is 13.2 Å². The van der Waals surface area contributed by atoms with Crippen LogP contribution in [-0.4, -0.2) is 44.0 Å². The Kier molecular flexibility index (Phi) is 5.66. The number of anilines is 1. The van der Waals surface area contributed by atoms with E-state index in [0.717, 1.165) is 6.42 Å². The second-order valence-corrected chi connectivity index (χ2v) is 9.43. The molecule has 7 heteroatoms. The molecule has 4 rings (SSSR count). The molecule has 28 heavy (non-hydrogen) atoms. The van der Waals surface area contributed by atoms with Crippen molar-refractivity contribution in [2.24, 2.45) is 0 Å². The number of nitrogens with zero attached hydrogens (tertiary/aromatic N) is 2. The van der Waals surface area contributed by atoms with Crippen LogP contribution in [0.1, 0.15) is 42.5 Å². The molecule has 2 heterocycles. The van der Waals surface area contributed by atoms with E-state index in [-0.39, 0.29) is 10.9 Å². The van der Waals surface area contributed by atoms with E-state index in [1.54, 1.807) is 12.1 Å². The van der Waals surface area contributed by atoms with Crippen LogP contribution in [0, 0.1) is 0 Å². The van der Waals surface area contributed by atoms with Crippen LogP contribution in [0.2, 0.25) is 0 Å². The number of benzene rings is 1. The topological polar surface area (TPSA) is 71.5 Å². The van der Waals surface area contributed by atoms with Crippen molar-refractivity contribution >= 4 is 15.8 Å². The van der Waals surface area contributed by atoms with Crippen LogP contribution in [0.4, 0.5) is 5.82 Å². The monoisotopic (exact) mass is 401 g/mol. The van der Waals surface area contributed by atoms with Crippen molar-refractivity contribution in [2.75, 3.05) is 31.6 Å². The summed E-state index contributed by atoms with van der Waals surface area (Å²) in [6, 6.07) is 10.2. The Morgan fingerprint density at radius 1 is 1.07 bits per heavy atom. The van der Waals surface area contributed by atoms with Gasteiger partial charge >= 0.3 is 0 Å². The van der Waals surface area contributed by atoms with E-state index in [1.807, 2.05) is 0 Å². The summed E-state index contributed by atoms with van der Waals surface area (Å²) in [6.45, 7) is 3.75. The summed E-state index contributed by atoms with van der Waals surface area (Å²) < 4.78 is 32.1. The van der Waals surface area contributed by atoms with Crippen molar-refractivity contribution in [2.45, 2.75) is 43.5 Å². The van der Waals surface area contributed by atoms with Crippen molar-refractivity contribution in [3.05, 3.63) is 53.2 Å². The van der Waals surface area contributed by atoms with E-state index < -0.39 is 10.0 Å². The van der Waals surface area contributed by atoms with Gasteiger partial charge in [0.05, 0.1) is 13.2 Å². The Labute approximate surface area is 167 Å². The summed E-state index contributed by atoms with van der Waals surface area (Å²) >= 11 is 0. The third kappa shape index (κ3) is 4.06. The normalized spacial score (nSPS) is 19.0. The van der Waals surface area contributed by atoms with Crippen LogP contribution in [0.25, 0.3) is 0 Å². The minimum Gasteiger partial charge on any atom is -0.379 e. The molecule has 2 aliphatic rings. The zero-order valence-corrected chi connectivity index (χ0v) is 17.0. The molecule has 1 aromatic heterocycles. The average molecular weight is 402 g/mol. The summed E-state index contributed by atoms with van der Waals surface area (Å²) in [5.74, 6) is 0.672. The Balaban J connectivity index is 1.45. The van der Waals surface area contributed by atoms with Crippen LogP contribution >= 0.6 is 0 Å². The first-order valence-corrected chi connectivity index (χ1v) is 11.4. The lowest BCUT2D eigenvalue weighted by atomic mass is 9.89. The van der Waals surface area contributed by atoms with Gasteiger partial charge in [0, 0.05) is 25.3 Å². The number of aromatic nitrogens is 1. The van der Waals surface area contributed by atoms with Crippen LogP contribution in [0.5, 0.6) is 0 Å². The highest BCUT2D eigenvalue weighted by molar-refractivity contribution is 7.89. The van der Waals surface area contributed by atoms with Crippen LogP contribution in [0.15, 0.2) is 41.4 Å². The van der Waals surface area contributed by atoms with Gasteiger partial charge < -0.3 is 10.1 Å². The molecule has 2 aromatic rings. The first-order chi connectivity index (χ1) is 13.5. The molecule has 1 fully saturated rings. The molecule has 150 valence electrons. The zero-order valence-electron chi connectivity index (χ0n) is 16.2. The summed E-state index contributed by atoms with van der Waals surface area (Å²) in [6.07, 6.45) is 6.32. The molecule has 0 unspecified atom stereocenters. The number of aryl methyl sites for hydroxylation is 2. The standard InChI is InChI=1S/C21H27N3O3S/c1-16(18-7-6-17-4-2-3-5-19(17)14-18)23-21-9-8-20(15-22-21)28(25,26)24-10-12-27-13-11-24/h6-9,14-16H,2-5,10-13H2,1H3,(H,22,23)/t16-/m1/s1. The predicted octanol–water partition coefficient (Wildman–Crippen LogP) is 3.15. The highest BCUT2D eigenvalue weighted by Crippen LogP contribution is 2.26. The first kappa shape index (κ1) is 19.4. The van der Waals surface area contributed by atoms with Gasteiger partial charge in [0.15, 0.2) is 0 Å². The maximum Gasteiger partial charge on any atom is 0.244 e. The number of hydrogen-bond acceptors (Lipinski definition) is 5. The number of ether oxygens (including phenoxy) is 1. The SMILES string of the molecule is C[C@@H](Nc1ccc(S(=O)(=O)N2CCOCC2)cn1)c1ccc2c(c1)CCCC2. The third-order valence-corrected chi connectivity index (χ3v) is 7.46. The van der Waals surface area contributed by atoms with Crippen molar-refractivity contribution in [1.29, 1.82) is 0 Å². The van der Waals surface area contributed by atoms with E-state index in [1.165, 1.54) is 46.5 Å². The van der Waals surface area contributed by atoms with Crippen LogP contribution in [0.3, 0.4) is 0 Å². The number of pyridine rings is 1. The van der Waals surface area contributed by atoms with Gasteiger partial charge in [0.25, 0.3) is 0 Å². The van der Waals surface area contributed by atoms with Gasteiger partial charge in [-0.3, -0.25) is 0 Å². The molecule has 0 amide bonds. The lowest BCUT2D eigenvalue weighted by molar-refractivity contribution is 0.0730. The van der Waals surface area contributed by atoms with Crippen molar-refractivity contribution in [1.82, 2.24) is 9.29 Å². The fourth-order valence-electron chi connectivity index (χ4n) is 3.88. The lowest BCUT2D eigenvalue weighted by Crippen LogP contribution is -2.40. The number of sulfonamides is 1. The van der Waals surface area contributed by atoms with Gasteiger partial charge in [-0.05, 0) is 61.4 Å². The minimum absolute atomic E-state index is 0.0985. The van der Waals surface area contributed by atoms with Gasteiger partial charge in [0.1, 0.15) is 10.7 Å². The van der Waals surface area contributed by atoms with Gasteiger partial charge in [-0.25, -0.2) is 13.4 Å². The highest BCUT2D eigenvalue weighted by Gasteiger charge is 2.26. The second-order valence-electron chi connectivity index (χ2n) is 7.50. The predicted molar refractivity (Wildman–Crippen MR) is 109 cm³/mol. The summed E-state index contributed by atoms with van der Waals surface area (Å²) in [7, 11) is -3.51. The zero-order chi connectivity index (χ0) is 19.6. The maximum atomic E-state index is 12.7. The van der Waals surface area contributed by atoms with E-state index in [2.05, 4.69) is 35.4 Å². The van der Waals surface area contributed by atoms with Crippen molar-refractivity contribution in [3.8, 4) is 0 Å². The van der Waals surface area contributed by atoms with Crippen LogP contribution in [-0.2, 0) is 27.6 Å². The van der Waals surface area contributed by atoms with Gasteiger partial charge in [-0.15, -0.1) is 0 Å². The van der Waals surface area contributed by atoms with E-state index in [9.17, 15) is 8.42 Å². The lowest BCUT2D eigenvalue weighted by Gasteiger charge is -2.26. The largest absolute Gasteiger partial charge is 0.379 e. The molecule has 0 radical (unpaired) electrons. The molecule has 0 saturated carbocycles. The molecule has 0 spiro atoms. The maximum absolute atomic E-state index is 12.7. The molecule has 1 aliphatic heterocycles. The van der Waals surface area contributed by atoms with E-state index >= 15 is 0 Å². The molecule has 1 aromatic carbocycles.